The van der Waals surface area contributed by atoms with Gasteiger partial charge >= 0.3 is 0 Å². The first kappa shape index (κ1) is 7.63. The van der Waals surface area contributed by atoms with Crippen molar-refractivity contribution in [1.29, 1.82) is 0 Å². The average molecular weight is 155 g/mol. The predicted molar refractivity (Wildman–Crippen MR) is 45.4 cm³/mol. The molecule has 0 saturated heterocycles. The van der Waals surface area contributed by atoms with Crippen LogP contribution in [-0.2, 0) is 11.2 Å². The Morgan fingerprint density at radius 1 is 1.20 bits per heavy atom. The van der Waals surface area contributed by atoms with Gasteiger partial charge in [-0.1, -0.05) is 17.7 Å². The molecular formula is C8H11OS+. The van der Waals surface area contributed by atoms with Gasteiger partial charge in [0.05, 0.1) is 0 Å². The fraction of sp³-hybridized carbons (Fsp3) is 0.250. The van der Waals surface area contributed by atoms with Crippen molar-refractivity contribution in [2.24, 2.45) is 0 Å². The first-order valence-electron chi connectivity index (χ1n) is 3.12. The van der Waals surface area contributed by atoms with Gasteiger partial charge in [0.1, 0.15) is 6.26 Å². The topological polar surface area (TPSA) is 20.2 Å². The molecule has 10 heavy (non-hydrogen) atoms. The highest BCUT2D eigenvalue weighted by Crippen LogP contribution is 2.08. The molecule has 1 nitrogen and oxygen atoms in total. The predicted octanol–water partition coefficient (Wildman–Crippen LogP) is 2.08. The second kappa shape index (κ2) is 3.08. The monoisotopic (exact) mass is 155 g/mol. The van der Waals surface area contributed by atoms with Crippen molar-refractivity contribution in [2.45, 2.75) is 11.8 Å². The van der Waals surface area contributed by atoms with Gasteiger partial charge in [0.15, 0.2) is 16.1 Å². The summed E-state index contributed by atoms with van der Waals surface area (Å²) in [5.41, 5.74) is 1.23. The van der Waals surface area contributed by atoms with E-state index < -0.39 is 11.2 Å². The summed E-state index contributed by atoms with van der Waals surface area (Å²) in [5, 5.41) is 0. The Morgan fingerprint density at radius 2 is 1.70 bits per heavy atom. The van der Waals surface area contributed by atoms with Crippen LogP contribution in [-0.4, -0.2) is 10.8 Å². The van der Waals surface area contributed by atoms with E-state index in [-0.39, 0.29) is 0 Å². The lowest BCUT2D eigenvalue weighted by Crippen LogP contribution is -1.95. The van der Waals surface area contributed by atoms with Crippen molar-refractivity contribution in [2.75, 3.05) is 6.26 Å². The smallest absolute Gasteiger partial charge is 0.182 e. The van der Waals surface area contributed by atoms with Crippen LogP contribution in [0.2, 0.25) is 0 Å². The zero-order valence-electron chi connectivity index (χ0n) is 6.16. The minimum atomic E-state index is -0.587. The molecule has 0 spiro atoms. The number of aryl methyl sites for hydroxylation is 1. The molecule has 0 heterocycles. The van der Waals surface area contributed by atoms with Crippen LogP contribution in [0.4, 0.5) is 0 Å². The Hall–Kier alpha value is -0.470. The van der Waals surface area contributed by atoms with Crippen molar-refractivity contribution in [3.8, 4) is 0 Å². The van der Waals surface area contributed by atoms with E-state index in [1.54, 1.807) is 6.26 Å². The van der Waals surface area contributed by atoms with Gasteiger partial charge < -0.3 is 0 Å². The van der Waals surface area contributed by atoms with Crippen LogP contribution >= 0.6 is 0 Å². The number of benzene rings is 1. The zero-order chi connectivity index (χ0) is 7.56. The van der Waals surface area contributed by atoms with Gasteiger partial charge in [-0.3, -0.25) is 0 Å². The maximum atomic E-state index is 9.14. The third-order valence-corrected chi connectivity index (χ3v) is 2.32. The molecule has 2 heteroatoms. The molecule has 0 aliphatic carbocycles. The van der Waals surface area contributed by atoms with Crippen LogP contribution < -0.4 is 0 Å². The quantitative estimate of drug-likeness (QED) is 0.615. The normalized spacial score (nSPS) is 13.1. The fourth-order valence-electron chi connectivity index (χ4n) is 0.735. The van der Waals surface area contributed by atoms with Gasteiger partial charge in [-0.2, -0.15) is 4.55 Å². The van der Waals surface area contributed by atoms with Crippen LogP contribution in [0, 0.1) is 6.92 Å². The third kappa shape index (κ3) is 1.75. The summed E-state index contributed by atoms with van der Waals surface area (Å²) >= 11 is -0.587. The van der Waals surface area contributed by atoms with Crippen LogP contribution in [0.25, 0.3) is 0 Å². The molecule has 0 fully saturated rings. The zero-order valence-corrected chi connectivity index (χ0v) is 6.98. The Balaban J connectivity index is 2.89. The summed E-state index contributed by atoms with van der Waals surface area (Å²) in [6, 6.07) is 7.93. The largest absolute Gasteiger partial charge is 0.189 e. The lowest BCUT2D eigenvalue weighted by Gasteiger charge is -1.92. The second-order valence-electron chi connectivity index (χ2n) is 2.29. The molecule has 0 amide bonds. The highest BCUT2D eigenvalue weighted by molar-refractivity contribution is 7.90. The molecule has 54 valence electrons. The first-order valence-corrected chi connectivity index (χ1v) is 4.71. The second-order valence-corrected chi connectivity index (χ2v) is 3.72. The van der Waals surface area contributed by atoms with Crippen molar-refractivity contribution < 1.29 is 4.55 Å². The van der Waals surface area contributed by atoms with E-state index in [1.165, 1.54) is 5.56 Å². The molecule has 0 saturated carbocycles. The van der Waals surface area contributed by atoms with Crippen LogP contribution in [0.15, 0.2) is 29.2 Å². The maximum Gasteiger partial charge on any atom is 0.189 e. The Morgan fingerprint density at radius 3 is 2.10 bits per heavy atom. The molecule has 1 aromatic rings. The van der Waals surface area contributed by atoms with Gasteiger partial charge in [0.2, 0.25) is 0 Å². The Bertz CT molecular complexity index is 203. The molecule has 0 bridgehead atoms. The molecule has 1 aromatic carbocycles. The van der Waals surface area contributed by atoms with Crippen molar-refractivity contribution >= 4 is 11.2 Å². The minimum absolute atomic E-state index is 0.587. The molecular weight excluding hydrogens is 144 g/mol. The summed E-state index contributed by atoms with van der Waals surface area (Å²) in [5.74, 6) is 0. The molecule has 1 N–H and O–H groups in total. The van der Waals surface area contributed by atoms with Crippen molar-refractivity contribution in [3.63, 3.8) is 0 Å². The Kier molecular flexibility index (Phi) is 2.35. The Labute approximate surface area is 64.3 Å². The summed E-state index contributed by atoms with van der Waals surface area (Å²) < 4.78 is 9.14. The molecule has 1 atom stereocenters. The standard InChI is InChI=1S/C8H11OS/c1-7-3-5-8(6-4-7)10(2)9/h3-6,9H,1-2H3/q+1. The summed E-state index contributed by atoms with van der Waals surface area (Å²) in [7, 11) is 0. The number of rotatable bonds is 1. The van der Waals surface area contributed by atoms with E-state index in [0.717, 1.165) is 4.90 Å². The number of hydrogen-bond donors (Lipinski definition) is 1. The molecule has 0 radical (unpaired) electrons. The summed E-state index contributed by atoms with van der Waals surface area (Å²) in [4.78, 5) is 1.01. The van der Waals surface area contributed by atoms with Crippen molar-refractivity contribution in [3.05, 3.63) is 29.8 Å². The average Bonchev–Trinajstić information content (AvgIpc) is 1.88. The van der Waals surface area contributed by atoms with Gasteiger partial charge in [0, 0.05) is 0 Å². The van der Waals surface area contributed by atoms with E-state index in [9.17, 15) is 0 Å². The molecule has 0 aromatic heterocycles. The SMILES string of the molecule is Cc1ccc([S+](C)O)cc1. The lowest BCUT2D eigenvalue weighted by atomic mass is 10.2. The van der Waals surface area contributed by atoms with E-state index >= 15 is 0 Å². The van der Waals surface area contributed by atoms with Crippen LogP contribution in [0.1, 0.15) is 5.56 Å². The maximum absolute atomic E-state index is 9.14. The number of hydrogen-bond acceptors (Lipinski definition) is 1. The minimum Gasteiger partial charge on any atom is -0.182 e. The van der Waals surface area contributed by atoms with Crippen molar-refractivity contribution in [1.82, 2.24) is 0 Å². The van der Waals surface area contributed by atoms with E-state index in [0.29, 0.717) is 0 Å². The fourth-order valence-corrected chi connectivity index (χ4v) is 1.27. The van der Waals surface area contributed by atoms with Crippen LogP contribution in [0.5, 0.6) is 0 Å². The first-order chi connectivity index (χ1) is 4.70. The van der Waals surface area contributed by atoms with Gasteiger partial charge in [-0.25, -0.2) is 0 Å². The van der Waals surface area contributed by atoms with E-state index in [1.807, 2.05) is 31.2 Å². The highest BCUT2D eigenvalue weighted by Gasteiger charge is 2.09. The van der Waals surface area contributed by atoms with Gasteiger partial charge in [-0.15, -0.1) is 0 Å². The molecule has 1 rings (SSSR count). The molecule has 1 unspecified atom stereocenters. The summed E-state index contributed by atoms with van der Waals surface area (Å²) in [6.45, 7) is 2.04. The van der Waals surface area contributed by atoms with Gasteiger partial charge in [-0.05, 0) is 19.1 Å². The van der Waals surface area contributed by atoms with Crippen LogP contribution in [0.3, 0.4) is 0 Å². The molecule has 0 aliphatic heterocycles. The third-order valence-electron chi connectivity index (χ3n) is 1.36. The van der Waals surface area contributed by atoms with E-state index in [2.05, 4.69) is 0 Å². The van der Waals surface area contributed by atoms with Gasteiger partial charge in [0.25, 0.3) is 0 Å². The highest BCUT2D eigenvalue weighted by atomic mass is 32.2. The lowest BCUT2D eigenvalue weighted by molar-refractivity contribution is 0.644. The summed E-state index contributed by atoms with van der Waals surface area (Å²) in [6.07, 6.45) is 1.80. The van der Waals surface area contributed by atoms with E-state index in [4.69, 9.17) is 4.55 Å². The molecule has 0 aliphatic rings.